The van der Waals surface area contributed by atoms with Crippen LogP contribution in [-0.2, 0) is 44.3 Å². The number of hydrogen-bond acceptors (Lipinski definition) is 6. The largest absolute Gasteiger partial charge is 2.00 e. The minimum absolute atomic E-state index is 0. The zero-order chi connectivity index (χ0) is 10.7. The molecule has 0 rings (SSSR count). The van der Waals surface area contributed by atoms with Crippen molar-refractivity contribution in [2.24, 2.45) is 0 Å². The van der Waals surface area contributed by atoms with E-state index in [4.69, 9.17) is 0 Å². The molecule has 0 aliphatic heterocycles. The fraction of sp³-hybridized carbons (Fsp3) is 0.778. The predicted molar refractivity (Wildman–Crippen MR) is 72.3 cm³/mol. The van der Waals surface area contributed by atoms with Gasteiger partial charge in [0.1, 0.15) is 0 Å². The van der Waals surface area contributed by atoms with E-state index in [0.717, 1.165) is 0 Å². The van der Waals surface area contributed by atoms with Crippen molar-refractivity contribution >= 4 is 61.1 Å². The maximum Gasteiger partial charge on any atom is 2.00 e. The molecule has 0 saturated heterocycles. The molecule has 96 valence electrons. The van der Waals surface area contributed by atoms with E-state index in [2.05, 4.69) is 34.7 Å². The molecule has 0 N–H and O–H groups in total. The molecule has 4 nitrogen and oxygen atoms in total. The van der Waals surface area contributed by atoms with Gasteiger partial charge >= 0.3 is 29.9 Å². The third kappa shape index (κ3) is 29.3. The molecule has 0 spiro atoms. The van der Waals surface area contributed by atoms with Crippen molar-refractivity contribution in [1.82, 2.24) is 0 Å². The van der Waals surface area contributed by atoms with Crippen LogP contribution in [0.2, 0.25) is 0 Å². The Bertz CT molecular complexity index is 150. The molecule has 0 aromatic rings. The van der Waals surface area contributed by atoms with E-state index in [1.165, 1.54) is 14.2 Å². The standard InChI is InChI=1S/C4H8O2S.C3H6O2S.2CH4.Sn/c1-6-4(5)2-3-7;1-5-3(4)2-6;;;/h7H,2-3H2,1H3;6H,2H2,1H3;2*1H4;/q;;;;+2/p-2. The smallest absolute Gasteiger partial charge is 0.792 e. The van der Waals surface area contributed by atoms with Gasteiger partial charge in [0, 0.05) is 6.42 Å². The van der Waals surface area contributed by atoms with Crippen LogP contribution in [0.15, 0.2) is 0 Å². The Morgan fingerprint density at radius 1 is 1.00 bits per heavy atom. The van der Waals surface area contributed by atoms with Gasteiger partial charge in [-0.05, 0) is 0 Å². The Balaban J connectivity index is -0.0000000428. The Morgan fingerprint density at radius 2 is 1.38 bits per heavy atom. The molecule has 0 amide bonds. The molecule has 0 aliphatic carbocycles. The molecule has 2 radical (unpaired) electrons. The van der Waals surface area contributed by atoms with Gasteiger partial charge in [0.2, 0.25) is 0 Å². The molecule has 0 atom stereocenters. The fourth-order valence-corrected chi connectivity index (χ4v) is 0.529. The predicted octanol–water partition coefficient (Wildman–Crippen LogP) is 0.694. The molecular weight excluding hydrogens is 355 g/mol. The maximum absolute atomic E-state index is 10.1. The zero-order valence-electron chi connectivity index (χ0n) is 8.07. The molecular formula is C9H20O4S2Sn. The Kier molecular flexibility index (Phi) is 46.0. The van der Waals surface area contributed by atoms with Crippen LogP contribution in [0.1, 0.15) is 21.3 Å². The first-order valence-electron chi connectivity index (χ1n) is 3.42. The second-order valence-electron chi connectivity index (χ2n) is 1.75. The maximum atomic E-state index is 10.1. The topological polar surface area (TPSA) is 52.6 Å². The van der Waals surface area contributed by atoms with E-state index in [1.54, 1.807) is 0 Å². The van der Waals surface area contributed by atoms with E-state index in [1.807, 2.05) is 0 Å². The van der Waals surface area contributed by atoms with Gasteiger partial charge in [0.05, 0.1) is 14.2 Å². The Hall–Kier alpha value is 0.439. The van der Waals surface area contributed by atoms with Crippen molar-refractivity contribution in [2.45, 2.75) is 21.3 Å². The quantitative estimate of drug-likeness (QED) is 0.411. The van der Waals surface area contributed by atoms with Crippen LogP contribution in [0.5, 0.6) is 0 Å². The van der Waals surface area contributed by atoms with E-state index in [9.17, 15) is 9.59 Å². The third-order valence-electron chi connectivity index (χ3n) is 0.879. The summed E-state index contributed by atoms with van der Waals surface area (Å²) in [5.41, 5.74) is 0. The fourth-order valence-electron chi connectivity index (χ4n) is 0.244. The molecule has 0 aromatic heterocycles. The molecule has 0 fully saturated rings. The summed E-state index contributed by atoms with van der Waals surface area (Å²) in [4.78, 5) is 20.0. The zero-order valence-corrected chi connectivity index (χ0v) is 12.6. The number of esters is 2. The van der Waals surface area contributed by atoms with Crippen molar-refractivity contribution in [1.29, 1.82) is 0 Å². The summed E-state index contributed by atoms with van der Waals surface area (Å²) in [7, 11) is 2.67. The number of rotatable bonds is 3. The van der Waals surface area contributed by atoms with Gasteiger partial charge in [-0.25, -0.2) is 0 Å². The summed E-state index contributed by atoms with van der Waals surface area (Å²) >= 11 is 8.79. The molecule has 0 heterocycles. The monoisotopic (exact) mass is 376 g/mol. The van der Waals surface area contributed by atoms with Gasteiger partial charge in [-0.3, -0.25) is 9.59 Å². The number of ether oxygens (including phenoxy) is 2. The summed E-state index contributed by atoms with van der Waals surface area (Å²) in [6.45, 7) is 0. The van der Waals surface area contributed by atoms with Gasteiger partial charge in [-0.1, -0.05) is 20.6 Å². The van der Waals surface area contributed by atoms with Crippen LogP contribution in [0, 0.1) is 0 Å². The van der Waals surface area contributed by atoms with Gasteiger partial charge < -0.3 is 34.7 Å². The van der Waals surface area contributed by atoms with Crippen LogP contribution in [0.3, 0.4) is 0 Å². The molecule has 0 bridgehead atoms. The Morgan fingerprint density at radius 3 is 1.44 bits per heavy atom. The van der Waals surface area contributed by atoms with Gasteiger partial charge in [-0.2, -0.15) is 5.75 Å². The first-order valence-corrected chi connectivity index (χ1v) is 4.57. The number of hydrogen-bond donors (Lipinski definition) is 0. The summed E-state index contributed by atoms with van der Waals surface area (Å²) in [6, 6.07) is 0. The van der Waals surface area contributed by atoms with Crippen molar-refractivity contribution in [2.75, 3.05) is 25.7 Å². The third-order valence-corrected chi connectivity index (χ3v) is 1.32. The van der Waals surface area contributed by atoms with E-state index in [-0.39, 0.29) is 56.5 Å². The van der Waals surface area contributed by atoms with Crippen molar-refractivity contribution in [3.8, 4) is 0 Å². The van der Waals surface area contributed by atoms with Crippen molar-refractivity contribution < 1.29 is 19.1 Å². The minimum atomic E-state index is -0.343. The van der Waals surface area contributed by atoms with Gasteiger partial charge in [0.25, 0.3) is 5.97 Å². The normalized spacial score (nSPS) is 6.50. The molecule has 7 heteroatoms. The summed E-state index contributed by atoms with van der Waals surface area (Å²) < 4.78 is 8.44. The molecule has 0 saturated carbocycles. The van der Waals surface area contributed by atoms with E-state index >= 15 is 0 Å². The second kappa shape index (κ2) is 24.6. The second-order valence-corrected chi connectivity index (χ2v) is 2.45. The van der Waals surface area contributed by atoms with Crippen LogP contribution in [0.25, 0.3) is 0 Å². The SMILES string of the molecule is C.C.COC(=O)CC[S-].COC(=O)C[S-].[Sn+2]. The van der Waals surface area contributed by atoms with E-state index < -0.39 is 0 Å². The molecule has 0 unspecified atom stereocenters. The van der Waals surface area contributed by atoms with Crippen molar-refractivity contribution in [3.63, 3.8) is 0 Å². The van der Waals surface area contributed by atoms with Gasteiger partial charge in [0.15, 0.2) is 0 Å². The molecule has 0 aliphatic rings. The molecule has 16 heavy (non-hydrogen) atoms. The summed E-state index contributed by atoms with van der Waals surface area (Å²) in [6.07, 6.45) is 0.353. The van der Waals surface area contributed by atoms with Crippen LogP contribution >= 0.6 is 0 Å². The number of carbonyl (C=O) groups is 2. The Labute approximate surface area is 127 Å². The number of methoxy groups -OCH3 is 2. The average Bonchev–Trinajstić information content (AvgIpc) is 2.18. The first-order chi connectivity index (χ1) is 6.12. The minimum Gasteiger partial charge on any atom is -0.792 e. The van der Waals surface area contributed by atoms with Crippen LogP contribution in [0.4, 0.5) is 0 Å². The number of carbonyl (C=O) groups excluding carboxylic acids is 2. The van der Waals surface area contributed by atoms with Gasteiger partial charge in [-0.15, -0.1) is 0 Å². The van der Waals surface area contributed by atoms with E-state index in [0.29, 0.717) is 12.2 Å². The molecule has 0 aromatic carbocycles. The summed E-state index contributed by atoms with van der Waals surface area (Å²) in [5.74, 6) is -0.0663. The average molecular weight is 375 g/mol. The van der Waals surface area contributed by atoms with Crippen LogP contribution in [-0.4, -0.2) is 61.6 Å². The van der Waals surface area contributed by atoms with Crippen LogP contribution < -0.4 is 0 Å². The van der Waals surface area contributed by atoms with Crippen molar-refractivity contribution in [3.05, 3.63) is 0 Å². The first kappa shape index (κ1) is 29.9. The summed E-state index contributed by atoms with van der Waals surface area (Å²) in [5, 5.41) is 0.